The number of nitrogens with one attached hydrogen (secondary N) is 1. The molecule has 2 unspecified atom stereocenters. The summed E-state index contributed by atoms with van der Waals surface area (Å²) >= 11 is 0. The van der Waals surface area contributed by atoms with Gasteiger partial charge in [0.1, 0.15) is 0 Å². The van der Waals surface area contributed by atoms with E-state index in [2.05, 4.69) is 5.32 Å². The topological polar surface area (TPSA) is 35.5 Å². The standard InChI is InChI=1S/C14H25F3N2O/c1-2-18-13(10-20,11-5-6-11)9-19-7-3-4-12(8-19)14(15,16)17/h11-12,18,20H,2-10H2,1H3. The van der Waals surface area contributed by atoms with Crippen molar-refractivity contribution in [2.75, 3.05) is 32.8 Å². The average molecular weight is 294 g/mol. The quantitative estimate of drug-likeness (QED) is 0.786. The van der Waals surface area contributed by atoms with Gasteiger partial charge in [-0.15, -0.1) is 0 Å². The Kier molecular flexibility index (Phi) is 4.97. The molecule has 1 aliphatic carbocycles. The van der Waals surface area contributed by atoms with E-state index in [-0.39, 0.29) is 19.6 Å². The predicted molar refractivity (Wildman–Crippen MR) is 71.4 cm³/mol. The number of rotatable bonds is 6. The van der Waals surface area contributed by atoms with Gasteiger partial charge in [0.2, 0.25) is 0 Å². The highest BCUT2D eigenvalue weighted by Gasteiger charge is 2.47. The highest BCUT2D eigenvalue weighted by atomic mass is 19.4. The molecule has 6 heteroatoms. The summed E-state index contributed by atoms with van der Waals surface area (Å²) in [4.78, 5) is 1.89. The van der Waals surface area contributed by atoms with Crippen LogP contribution < -0.4 is 5.32 Å². The Morgan fingerprint density at radius 3 is 2.40 bits per heavy atom. The number of hydrogen-bond donors (Lipinski definition) is 2. The highest BCUT2D eigenvalue weighted by molar-refractivity contribution is 5.03. The first-order chi connectivity index (χ1) is 9.41. The van der Waals surface area contributed by atoms with Gasteiger partial charge in [-0.3, -0.25) is 0 Å². The second kappa shape index (κ2) is 6.20. The Balaban J connectivity index is 1.99. The van der Waals surface area contributed by atoms with E-state index in [1.54, 1.807) is 0 Å². The van der Waals surface area contributed by atoms with Gasteiger partial charge in [-0.1, -0.05) is 6.92 Å². The van der Waals surface area contributed by atoms with Crippen LogP contribution in [0.4, 0.5) is 13.2 Å². The molecule has 0 bridgehead atoms. The molecule has 1 aliphatic heterocycles. The fourth-order valence-corrected chi connectivity index (χ4v) is 3.42. The first-order valence-corrected chi connectivity index (χ1v) is 7.56. The number of hydrogen-bond acceptors (Lipinski definition) is 3. The summed E-state index contributed by atoms with van der Waals surface area (Å²) < 4.78 is 38.6. The third-order valence-electron chi connectivity index (χ3n) is 4.64. The van der Waals surface area contributed by atoms with E-state index in [4.69, 9.17) is 0 Å². The Labute approximate surface area is 118 Å². The molecular weight excluding hydrogens is 269 g/mol. The number of halogens is 3. The smallest absolute Gasteiger partial charge is 0.393 e. The molecule has 2 N–H and O–H groups in total. The molecule has 0 radical (unpaired) electrons. The zero-order chi connectivity index (χ0) is 14.8. The second-order valence-corrected chi connectivity index (χ2v) is 6.23. The molecule has 0 aromatic rings. The molecule has 1 saturated heterocycles. The van der Waals surface area contributed by atoms with E-state index in [9.17, 15) is 18.3 Å². The summed E-state index contributed by atoms with van der Waals surface area (Å²) in [6.45, 7) is 4.00. The summed E-state index contributed by atoms with van der Waals surface area (Å²) in [5.41, 5.74) is -0.414. The third-order valence-corrected chi connectivity index (χ3v) is 4.64. The van der Waals surface area contributed by atoms with Crippen LogP contribution in [0.1, 0.15) is 32.6 Å². The van der Waals surface area contributed by atoms with E-state index in [1.165, 1.54) is 0 Å². The van der Waals surface area contributed by atoms with Crippen LogP contribution in [-0.4, -0.2) is 54.5 Å². The molecule has 2 atom stereocenters. The van der Waals surface area contributed by atoms with Gasteiger partial charge >= 0.3 is 6.18 Å². The molecule has 118 valence electrons. The first kappa shape index (κ1) is 16.0. The third kappa shape index (κ3) is 3.65. The van der Waals surface area contributed by atoms with Gasteiger partial charge in [0.15, 0.2) is 0 Å². The fourth-order valence-electron chi connectivity index (χ4n) is 3.42. The van der Waals surface area contributed by atoms with E-state index in [0.717, 1.165) is 19.4 Å². The minimum atomic E-state index is -4.10. The monoisotopic (exact) mass is 294 g/mol. The molecule has 0 amide bonds. The Hall–Kier alpha value is -0.330. The average Bonchev–Trinajstić information content (AvgIpc) is 3.22. The van der Waals surface area contributed by atoms with Crippen LogP contribution in [0, 0.1) is 11.8 Å². The molecular formula is C14H25F3N2O. The molecule has 0 spiro atoms. The van der Waals surface area contributed by atoms with E-state index >= 15 is 0 Å². The maximum Gasteiger partial charge on any atom is 0.393 e. The van der Waals surface area contributed by atoms with Crippen LogP contribution in [-0.2, 0) is 0 Å². The van der Waals surface area contributed by atoms with Gasteiger partial charge < -0.3 is 15.3 Å². The molecule has 2 aliphatic rings. The van der Waals surface area contributed by atoms with Crippen LogP contribution in [0.3, 0.4) is 0 Å². The summed E-state index contributed by atoms with van der Waals surface area (Å²) in [5.74, 6) is -0.813. The van der Waals surface area contributed by atoms with Crippen molar-refractivity contribution in [3.63, 3.8) is 0 Å². The summed E-state index contributed by atoms with van der Waals surface area (Å²) in [6.07, 6.45) is -1.16. The number of nitrogens with zero attached hydrogens (tertiary/aromatic N) is 1. The zero-order valence-electron chi connectivity index (χ0n) is 12.0. The maximum atomic E-state index is 12.9. The zero-order valence-corrected chi connectivity index (χ0v) is 12.0. The van der Waals surface area contributed by atoms with Crippen molar-refractivity contribution in [1.29, 1.82) is 0 Å². The molecule has 3 nitrogen and oxygen atoms in total. The van der Waals surface area contributed by atoms with Crippen LogP contribution >= 0.6 is 0 Å². The number of likely N-dealkylation sites (N-methyl/N-ethyl adjacent to an activating group) is 1. The lowest BCUT2D eigenvalue weighted by Crippen LogP contribution is -2.59. The number of aliphatic hydroxyl groups excluding tert-OH is 1. The Morgan fingerprint density at radius 2 is 1.90 bits per heavy atom. The lowest BCUT2D eigenvalue weighted by atomic mass is 9.90. The van der Waals surface area contributed by atoms with Gasteiger partial charge in [-0.2, -0.15) is 13.2 Å². The van der Waals surface area contributed by atoms with Crippen molar-refractivity contribution >= 4 is 0 Å². The second-order valence-electron chi connectivity index (χ2n) is 6.23. The Morgan fingerprint density at radius 1 is 1.20 bits per heavy atom. The van der Waals surface area contributed by atoms with Gasteiger partial charge in [0.25, 0.3) is 0 Å². The van der Waals surface area contributed by atoms with Crippen molar-refractivity contribution in [1.82, 2.24) is 10.2 Å². The molecule has 20 heavy (non-hydrogen) atoms. The van der Waals surface area contributed by atoms with Gasteiger partial charge in [-0.05, 0) is 44.7 Å². The van der Waals surface area contributed by atoms with Crippen molar-refractivity contribution < 1.29 is 18.3 Å². The maximum absolute atomic E-state index is 12.9. The summed E-state index contributed by atoms with van der Waals surface area (Å²) in [6, 6.07) is 0. The van der Waals surface area contributed by atoms with Gasteiger partial charge in [0.05, 0.1) is 18.1 Å². The largest absolute Gasteiger partial charge is 0.394 e. The highest BCUT2D eigenvalue weighted by Crippen LogP contribution is 2.41. The normalized spacial score (nSPS) is 28.4. The molecule has 0 aromatic heterocycles. The molecule has 0 aromatic carbocycles. The molecule has 2 fully saturated rings. The summed E-state index contributed by atoms with van der Waals surface area (Å²) in [5, 5.41) is 13.1. The number of alkyl halides is 3. The molecule has 1 saturated carbocycles. The van der Waals surface area contributed by atoms with Crippen LogP contribution in [0.5, 0.6) is 0 Å². The van der Waals surface area contributed by atoms with Crippen molar-refractivity contribution in [2.45, 2.75) is 44.3 Å². The first-order valence-electron chi connectivity index (χ1n) is 7.56. The van der Waals surface area contributed by atoms with Gasteiger partial charge in [0, 0.05) is 13.1 Å². The van der Waals surface area contributed by atoms with E-state index < -0.39 is 17.6 Å². The lowest BCUT2D eigenvalue weighted by Gasteiger charge is -2.41. The molecule has 1 heterocycles. The number of piperidine rings is 1. The molecule has 2 rings (SSSR count). The van der Waals surface area contributed by atoms with Crippen LogP contribution in [0.2, 0.25) is 0 Å². The van der Waals surface area contributed by atoms with Crippen molar-refractivity contribution in [3.8, 4) is 0 Å². The van der Waals surface area contributed by atoms with E-state index in [1.807, 2.05) is 11.8 Å². The number of aliphatic hydroxyl groups is 1. The van der Waals surface area contributed by atoms with Crippen LogP contribution in [0.25, 0.3) is 0 Å². The van der Waals surface area contributed by atoms with Crippen molar-refractivity contribution in [2.24, 2.45) is 11.8 Å². The Bertz CT molecular complexity index is 320. The minimum absolute atomic E-state index is 0.00130. The fraction of sp³-hybridized carbons (Fsp3) is 1.00. The van der Waals surface area contributed by atoms with Crippen molar-refractivity contribution in [3.05, 3.63) is 0 Å². The van der Waals surface area contributed by atoms with Crippen LogP contribution in [0.15, 0.2) is 0 Å². The predicted octanol–water partition coefficient (Wildman–Crippen LogP) is 2.01. The lowest BCUT2D eigenvalue weighted by molar-refractivity contribution is -0.187. The SMILES string of the molecule is CCNC(CO)(CN1CCCC(C(F)(F)F)C1)C1CC1. The minimum Gasteiger partial charge on any atom is -0.394 e. The van der Waals surface area contributed by atoms with Gasteiger partial charge in [-0.25, -0.2) is 0 Å². The van der Waals surface area contributed by atoms with E-state index in [0.29, 0.717) is 25.4 Å². The number of likely N-dealkylation sites (tertiary alicyclic amines) is 1. The summed E-state index contributed by atoms with van der Waals surface area (Å²) in [7, 11) is 0.